The van der Waals surface area contributed by atoms with Crippen LogP contribution in [0.1, 0.15) is 19.8 Å². The highest BCUT2D eigenvalue weighted by Crippen LogP contribution is 2.27. The molecule has 1 spiro atoms. The van der Waals surface area contributed by atoms with Gasteiger partial charge in [0.05, 0.1) is 55.0 Å². The van der Waals surface area contributed by atoms with Gasteiger partial charge in [0.25, 0.3) is 5.69 Å². The molecule has 1 aromatic carbocycles. The number of hydrogen-bond donors (Lipinski definition) is 1. The van der Waals surface area contributed by atoms with Crippen molar-refractivity contribution in [2.24, 2.45) is 0 Å². The lowest BCUT2D eigenvalue weighted by Crippen LogP contribution is -3.17. The van der Waals surface area contributed by atoms with Gasteiger partial charge in [-0.1, -0.05) is 0 Å². The van der Waals surface area contributed by atoms with E-state index in [9.17, 15) is 18.5 Å². The maximum atomic E-state index is 12.6. The predicted molar refractivity (Wildman–Crippen MR) is 89.2 cm³/mol. The van der Waals surface area contributed by atoms with Crippen LogP contribution < -0.4 is 4.90 Å². The topological polar surface area (TPSA) is 100 Å². The molecule has 2 fully saturated rings. The van der Waals surface area contributed by atoms with Crippen molar-refractivity contribution >= 4 is 15.5 Å². The summed E-state index contributed by atoms with van der Waals surface area (Å²) in [5.74, 6) is -0.449. The summed E-state index contributed by atoms with van der Waals surface area (Å²) in [5.41, 5.74) is -0.115. The zero-order valence-electron chi connectivity index (χ0n) is 14.1. The highest BCUT2D eigenvalue weighted by atomic mass is 32.2. The molecule has 0 bridgehead atoms. The molecule has 8 nitrogen and oxygen atoms in total. The maximum absolute atomic E-state index is 12.6. The molecule has 3 rings (SSSR count). The molecule has 0 aliphatic carbocycles. The molecule has 0 saturated carbocycles. The third kappa shape index (κ3) is 4.00. The first-order valence-corrected chi connectivity index (χ1v) is 10.1. The first kappa shape index (κ1) is 18.2. The van der Waals surface area contributed by atoms with Crippen molar-refractivity contribution in [2.45, 2.75) is 36.5 Å². The quantitative estimate of drug-likeness (QED) is 0.585. The molecule has 2 aliphatic rings. The van der Waals surface area contributed by atoms with Crippen molar-refractivity contribution in [3.8, 4) is 0 Å². The van der Waals surface area contributed by atoms with Crippen LogP contribution in [0.25, 0.3) is 0 Å². The molecular weight excluding hydrogens is 348 g/mol. The Morgan fingerprint density at radius 3 is 2.28 bits per heavy atom. The van der Waals surface area contributed by atoms with E-state index in [0.717, 1.165) is 25.9 Å². The molecule has 2 aliphatic heterocycles. The number of nitro benzene ring substituents is 1. The molecule has 1 aromatic rings. The second kappa shape index (κ2) is 6.99. The van der Waals surface area contributed by atoms with Crippen LogP contribution in [-0.2, 0) is 19.3 Å². The van der Waals surface area contributed by atoms with Crippen LogP contribution in [0.5, 0.6) is 0 Å². The van der Waals surface area contributed by atoms with Crippen LogP contribution in [0, 0.1) is 10.1 Å². The van der Waals surface area contributed by atoms with E-state index < -0.39 is 20.5 Å². The summed E-state index contributed by atoms with van der Waals surface area (Å²) < 4.78 is 36.6. The van der Waals surface area contributed by atoms with Gasteiger partial charge in [0, 0.05) is 12.1 Å². The zero-order valence-corrected chi connectivity index (χ0v) is 15.0. The second-order valence-corrected chi connectivity index (χ2v) is 8.73. The van der Waals surface area contributed by atoms with Gasteiger partial charge in [0.2, 0.25) is 0 Å². The molecule has 2 saturated heterocycles. The van der Waals surface area contributed by atoms with Crippen molar-refractivity contribution in [2.75, 3.05) is 32.1 Å². The normalized spacial score (nSPS) is 22.1. The van der Waals surface area contributed by atoms with Gasteiger partial charge in [-0.05, 0) is 19.1 Å². The highest BCUT2D eigenvalue weighted by Gasteiger charge is 2.43. The number of non-ortho nitro benzene ring substituents is 1. The van der Waals surface area contributed by atoms with Gasteiger partial charge in [-0.15, -0.1) is 0 Å². The summed E-state index contributed by atoms with van der Waals surface area (Å²) in [6.07, 6.45) is 1.54. The number of quaternary nitrogens is 1. The molecule has 2 heterocycles. The fourth-order valence-electron chi connectivity index (χ4n) is 3.55. The minimum absolute atomic E-state index is 0.00879. The Morgan fingerprint density at radius 2 is 1.76 bits per heavy atom. The number of benzene rings is 1. The molecule has 1 N–H and O–H groups in total. The Balaban J connectivity index is 1.61. The summed E-state index contributed by atoms with van der Waals surface area (Å²) in [6.45, 7) is 4.78. The minimum atomic E-state index is -3.48. The van der Waals surface area contributed by atoms with Crippen molar-refractivity contribution in [3.05, 3.63) is 34.4 Å². The number of hydrogen-bond acceptors (Lipinski definition) is 6. The first-order chi connectivity index (χ1) is 11.8. The average molecular weight is 371 g/mol. The van der Waals surface area contributed by atoms with Gasteiger partial charge in [-0.2, -0.15) is 0 Å². The highest BCUT2D eigenvalue weighted by molar-refractivity contribution is 7.91. The van der Waals surface area contributed by atoms with Crippen LogP contribution >= 0.6 is 0 Å². The summed E-state index contributed by atoms with van der Waals surface area (Å²) in [7, 11) is -3.48. The average Bonchev–Trinajstić information content (AvgIpc) is 3.03. The molecule has 1 atom stereocenters. The van der Waals surface area contributed by atoms with Gasteiger partial charge in [-0.3, -0.25) is 10.1 Å². The van der Waals surface area contributed by atoms with Crippen LogP contribution in [0.4, 0.5) is 5.69 Å². The zero-order chi connectivity index (χ0) is 18.1. The summed E-state index contributed by atoms with van der Waals surface area (Å²) in [4.78, 5) is 11.5. The molecule has 0 aromatic heterocycles. The van der Waals surface area contributed by atoms with Gasteiger partial charge in [0.1, 0.15) is 5.75 Å². The number of nitro groups is 1. The Morgan fingerprint density at radius 1 is 1.20 bits per heavy atom. The number of nitrogens with one attached hydrogen (secondary N) is 1. The third-order valence-electron chi connectivity index (χ3n) is 5.04. The molecule has 25 heavy (non-hydrogen) atoms. The molecule has 0 amide bonds. The van der Waals surface area contributed by atoms with E-state index in [2.05, 4.69) is 0 Å². The summed E-state index contributed by atoms with van der Waals surface area (Å²) in [5, 5.41) is 10.7. The van der Waals surface area contributed by atoms with Gasteiger partial charge in [0.15, 0.2) is 15.6 Å². The van der Waals surface area contributed by atoms with Crippen molar-refractivity contribution < 1.29 is 27.7 Å². The summed E-state index contributed by atoms with van der Waals surface area (Å²) >= 11 is 0. The van der Waals surface area contributed by atoms with Crippen LogP contribution in [-0.4, -0.2) is 57.2 Å². The maximum Gasteiger partial charge on any atom is 0.269 e. The lowest BCUT2D eigenvalue weighted by atomic mass is 10.0. The number of likely N-dealkylation sites (tertiary alicyclic amines) is 1. The second-order valence-electron chi connectivity index (χ2n) is 6.70. The number of rotatable bonds is 5. The Labute approximate surface area is 146 Å². The Bertz CT molecular complexity index is 717. The molecule has 0 unspecified atom stereocenters. The number of sulfone groups is 1. The largest absolute Gasteiger partial charge is 0.347 e. The van der Waals surface area contributed by atoms with Gasteiger partial charge in [-0.25, -0.2) is 8.42 Å². The van der Waals surface area contributed by atoms with E-state index in [1.807, 2.05) is 6.92 Å². The van der Waals surface area contributed by atoms with E-state index in [1.165, 1.54) is 29.2 Å². The van der Waals surface area contributed by atoms with Crippen LogP contribution in [0.15, 0.2) is 29.2 Å². The standard InChI is InChI=1S/C16H22N2O6S/c1-13(17-8-6-16(7-9-17)23-10-11-24-16)12-25(21,22)15-4-2-14(3-5-15)18(19)20/h2-5,13H,6-12H2,1H3/p+1/t13-/m0/s1. The van der Waals surface area contributed by atoms with Gasteiger partial charge >= 0.3 is 0 Å². The van der Waals surface area contributed by atoms with E-state index in [-0.39, 0.29) is 22.4 Å². The molecule has 9 heteroatoms. The lowest BCUT2D eigenvalue weighted by molar-refractivity contribution is -0.928. The molecule has 0 radical (unpaired) electrons. The van der Waals surface area contributed by atoms with E-state index in [1.54, 1.807) is 0 Å². The Hall–Kier alpha value is -1.55. The predicted octanol–water partition coefficient (Wildman–Crippen LogP) is 0.179. The number of nitrogens with zero attached hydrogens (tertiary/aromatic N) is 1. The fraction of sp³-hybridized carbons (Fsp3) is 0.625. The lowest BCUT2D eigenvalue weighted by Gasteiger charge is -2.37. The number of piperidine rings is 1. The van der Waals surface area contributed by atoms with E-state index in [0.29, 0.717) is 13.2 Å². The van der Waals surface area contributed by atoms with E-state index >= 15 is 0 Å². The fourth-order valence-corrected chi connectivity index (χ4v) is 5.19. The van der Waals surface area contributed by atoms with Crippen molar-refractivity contribution in [3.63, 3.8) is 0 Å². The monoisotopic (exact) mass is 371 g/mol. The SMILES string of the molecule is C[C@@H](CS(=O)(=O)c1ccc([N+](=O)[O-])cc1)[NH+]1CCC2(CC1)OCCO2. The van der Waals surface area contributed by atoms with Gasteiger partial charge < -0.3 is 14.4 Å². The first-order valence-electron chi connectivity index (χ1n) is 8.41. The summed E-state index contributed by atoms with van der Waals surface area (Å²) in [6, 6.07) is 4.99. The Kier molecular flexibility index (Phi) is 5.10. The van der Waals surface area contributed by atoms with Crippen LogP contribution in [0.2, 0.25) is 0 Å². The molecule has 138 valence electrons. The smallest absolute Gasteiger partial charge is 0.269 e. The van der Waals surface area contributed by atoms with E-state index in [4.69, 9.17) is 9.47 Å². The van der Waals surface area contributed by atoms with Crippen molar-refractivity contribution in [1.29, 1.82) is 0 Å². The number of ether oxygens (including phenoxy) is 2. The molecular formula is C16H23N2O6S+. The third-order valence-corrected chi connectivity index (χ3v) is 6.97. The van der Waals surface area contributed by atoms with Crippen molar-refractivity contribution in [1.82, 2.24) is 0 Å². The minimum Gasteiger partial charge on any atom is -0.347 e. The van der Waals surface area contributed by atoms with Crippen LogP contribution in [0.3, 0.4) is 0 Å².